The van der Waals surface area contributed by atoms with Crippen molar-refractivity contribution in [1.29, 1.82) is 0 Å². The fourth-order valence-corrected chi connectivity index (χ4v) is 3.70. The third-order valence-corrected chi connectivity index (χ3v) is 5.39. The van der Waals surface area contributed by atoms with Crippen LogP contribution in [-0.2, 0) is 14.6 Å². The fourth-order valence-electron chi connectivity index (χ4n) is 1.89. The summed E-state index contributed by atoms with van der Waals surface area (Å²) in [5.74, 6) is 0.161. The Morgan fingerprint density at radius 1 is 1.17 bits per heavy atom. The molecule has 2 rings (SSSR count). The van der Waals surface area contributed by atoms with Crippen LogP contribution in [0.5, 0.6) is 5.75 Å². The smallest absolute Gasteiger partial charge is 0.262 e. The first-order chi connectivity index (χ1) is 11.2. The Morgan fingerprint density at radius 2 is 1.88 bits per heavy atom. The second kappa shape index (κ2) is 7.67. The molecular weight excluding hydrogens is 462 g/mol. The van der Waals surface area contributed by atoms with E-state index in [4.69, 9.17) is 4.74 Å². The predicted molar refractivity (Wildman–Crippen MR) is 100 cm³/mol. The Morgan fingerprint density at radius 3 is 2.50 bits per heavy atom. The van der Waals surface area contributed by atoms with Crippen LogP contribution in [0.15, 0.2) is 50.2 Å². The van der Waals surface area contributed by atoms with E-state index < -0.39 is 9.84 Å². The van der Waals surface area contributed by atoms with Crippen molar-refractivity contribution in [3.8, 4) is 5.75 Å². The summed E-state index contributed by atoms with van der Waals surface area (Å²) in [5, 5.41) is 2.67. The van der Waals surface area contributed by atoms with Gasteiger partial charge >= 0.3 is 0 Å². The van der Waals surface area contributed by atoms with E-state index in [1.807, 2.05) is 6.07 Å². The Kier molecular flexibility index (Phi) is 6.06. The lowest BCUT2D eigenvalue weighted by Gasteiger charge is -2.12. The highest BCUT2D eigenvalue weighted by Gasteiger charge is 2.12. The van der Waals surface area contributed by atoms with Gasteiger partial charge in [-0.25, -0.2) is 8.42 Å². The van der Waals surface area contributed by atoms with Gasteiger partial charge in [0.25, 0.3) is 5.91 Å². The summed E-state index contributed by atoms with van der Waals surface area (Å²) in [6, 6.07) is 9.95. The minimum absolute atomic E-state index is 0.153. The van der Waals surface area contributed by atoms with Crippen LogP contribution >= 0.6 is 31.9 Å². The molecule has 0 spiro atoms. The largest absolute Gasteiger partial charge is 0.483 e. The van der Waals surface area contributed by atoms with Crippen molar-refractivity contribution in [1.82, 2.24) is 0 Å². The van der Waals surface area contributed by atoms with Gasteiger partial charge in [0.2, 0.25) is 0 Å². The summed E-state index contributed by atoms with van der Waals surface area (Å²) in [4.78, 5) is 12.2. The van der Waals surface area contributed by atoms with Gasteiger partial charge in [-0.1, -0.05) is 22.0 Å². The number of nitrogens with one attached hydrogen (secondary N) is 1. The Labute approximate surface area is 157 Å². The molecule has 0 aliphatic heterocycles. The average Bonchev–Trinajstić information content (AvgIpc) is 2.47. The van der Waals surface area contributed by atoms with Crippen molar-refractivity contribution >= 4 is 53.3 Å². The number of hydrogen-bond acceptors (Lipinski definition) is 4. The van der Waals surface area contributed by atoms with Crippen molar-refractivity contribution < 1.29 is 17.9 Å². The predicted octanol–water partition coefficient (Wildman–Crippen LogP) is 3.94. The maximum Gasteiger partial charge on any atom is 0.262 e. The van der Waals surface area contributed by atoms with Gasteiger partial charge in [0.15, 0.2) is 16.4 Å². The van der Waals surface area contributed by atoms with Gasteiger partial charge in [0, 0.05) is 16.4 Å². The van der Waals surface area contributed by atoms with E-state index in [2.05, 4.69) is 37.2 Å². The van der Waals surface area contributed by atoms with Gasteiger partial charge in [-0.2, -0.15) is 0 Å². The highest BCUT2D eigenvalue weighted by atomic mass is 79.9. The van der Waals surface area contributed by atoms with Crippen LogP contribution in [0.2, 0.25) is 0 Å². The van der Waals surface area contributed by atoms with Gasteiger partial charge in [-0.15, -0.1) is 0 Å². The molecule has 0 aliphatic rings. The standard InChI is InChI=1S/C16H15Br2NO4S/c1-10-3-5-12(24(2,21)22)8-14(10)19-16(20)9-23-15-6-4-11(17)7-13(15)18/h3-8H,9H2,1-2H3,(H,19,20). The van der Waals surface area contributed by atoms with Gasteiger partial charge in [0.1, 0.15) is 5.75 Å². The van der Waals surface area contributed by atoms with E-state index in [1.54, 1.807) is 25.1 Å². The molecule has 1 amide bonds. The number of ether oxygens (including phenoxy) is 1. The lowest BCUT2D eigenvalue weighted by Crippen LogP contribution is -2.21. The molecule has 0 saturated heterocycles. The number of halogens is 2. The van der Waals surface area contributed by atoms with E-state index in [0.717, 1.165) is 20.8 Å². The molecule has 0 saturated carbocycles. The molecule has 24 heavy (non-hydrogen) atoms. The van der Waals surface area contributed by atoms with Gasteiger partial charge in [-0.05, 0) is 58.7 Å². The Bertz CT molecular complexity index is 882. The zero-order valence-corrected chi connectivity index (χ0v) is 17.0. The number of hydrogen-bond donors (Lipinski definition) is 1. The molecule has 128 valence electrons. The molecule has 0 aromatic heterocycles. The Hall–Kier alpha value is -1.38. The molecule has 1 N–H and O–H groups in total. The van der Waals surface area contributed by atoms with Gasteiger partial charge < -0.3 is 10.1 Å². The number of rotatable bonds is 5. The quantitative estimate of drug-likeness (QED) is 0.709. The van der Waals surface area contributed by atoms with E-state index >= 15 is 0 Å². The molecule has 2 aromatic carbocycles. The number of carbonyl (C=O) groups excluding carboxylic acids is 1. The lowest BCUT2D eigenvalue weighted by atomic mass is 10.2. The van der Waals surface area contributed by atoms with Crippen LogP contribution in [0, 0.1) is 6.92 Å². The maximum atomic E-state index is 12.1. The minimum Gasteiger partial charge on any atom is -0.483 e. The summed E-state index contributed by atoms with van der Waals surface area (Å²) in [6.07, 6.45) is 1.12. The van der Waals surface area contributed by atoms with Crippen LogP contribution in [-0.4, -0.2) is 27.2 Å². The van der Waals surface area contributed by atoms with Crippen molar-refractivity contribution in [3.05, 3.63) is 50.9 Å². The molecule has 5 nitrogen and oxygen atoms in total. The summed E-state index contributed by atoms with van der Waals surface area (Å²) in [5.41, 5.74) is 1.21. The van der Waals surface area contributed by atoms with Crippen LogP contribution in [0.4, 0.5) is 5.69 Å². The third kappa shape index (κ3) is 5.06. The van der Waals surface area contributed by atoms with Crippen LogP contribution in [0.3, 0.4) is 0 Å². The molecular formula is C16H15Br2NO4S. The van der Waals surface area contributed by atoms with Crippen molar-refractivity contribution in [3.63, 3.8) is 0 Å². The molecule has 0 aliphatic carbocycles. The summed E-state index contributed by atoms with van der Waals surface area (Å²) in [6.45, 7) is 1.59. The Balaban J connectivity index is 2.07. The summed E-state index contributed by atoms with van der Waals surface area (Å²) < 4.78 is 30.3. The first-order valence-corrected chi connectivity index (χ1v) is 10.3. The SMILES string of the molecule is Cc1ccc(S(C)(=O)=O)cc1NC(=O)COc1ccc(Br)cc1Br. The third-order valence-electron chi connectivity index (χ3n) is 3.16. The van der Waals surface area contributed by atoms with Crippen LogP contribution in [0.25, 0.3) is 0 Å². The monoisotopic (exact) mass is 475 g/mol. The highest BCUT2D eigenvalue weighted by Crippen LogP contribution is 2.28. The molecule has 2 aromatic rings. The van der Waals surface area contributed by atoms with Gasteiger partial charge in [0.05, 0.1) is 9.37 Å². The minimum atomic E-state index is -3.34. The van der Waals surface area contributed by atoms with E-state index in [1.165, 1.54) is 12.1 Å². The number of benzene rings is 2. The van der Waals surface area contributed by atoms with Crippen molar-refractivity contribution in [2.75, 3.05) is 18.2 Å². The summed E-state index contributed by atoms with van der Waals surface area (Å²) >= 11 is 6.69. The number of carbonyl (C=O) groups is 1. The number of sulfone groups is 1. The molecule has 0 fully saturated rings. The van der Waals surface area contributed by atoms with Crippen LogP contribution < -0.4 is 10.1 Å². The van der Waals surface area contributed by atoms with E-state index in [-0.39, 0.29) is 17.4 Å². The number of anilines is 1. The normalized spacial score (nSPS) is 11.2. The van der Waals surface area contributed by atoms with Crippen molar-refractivity contribution in [2.24, 2.45) is 0 Å². The van der Waals surface area contributed by atoms with E-state index in [9.17, 15) is 13.2 Å². The maximum absolute atomic E-state index is 12.1. The van der Waals surface area contributed by atoms with E-state index in [0.29, 0.717) is 11.4 Å². The number of aryl methyl sites for hydroxylation is 1. The van der Waals surface area contributed by atoms with Gasteiger partial charge in [-0.3, -0.25) is 4.79 Å². The fraction of sp³-hybridized carbons (Fsp3) is 0.188. The first kappa shape index (κ1) is 19.0. The highest BCUT2D eigenvalue weighted by molar-refractivity contribution is 9.11. The lowest BCUT2D eigenvalue weighted by molar-refractivity contribution is -0.118. The zero-order chi connectivity index (χ0) is 17.9. The second-order valence-corrected chi connectivity index (χ2v) is 8.95. The second-order valence-electron chi connectivity index (χ2n) is 5.16. The molecule has 0 heterocycles. The number of amides is 1. The summed E-state index contributed by atoms with van der Waals surface area (Å²) in [7, 11) is -3.34. The van der Waals surface area contributed by atoms with Crippen molar-refractivity contribution in [2.45, 2.75) is 11.8 Å². The zero-order valence-electron chi connectivity index (χ0n) is 13.0. The molecule has 0 unspecified atom stereocenters. The first-order valence-electron chi connectivity index (χ1n) is 6.85. The van der Waals surface area contributed by atoms with Crippen LogP contribution in [0.1, 0.15) is 5.56 Å². The topological polar surface area (TPSA) is 72.5 Å². The average molecular weight is 477 g/mol. The molecule has 0 radical (unpaired) electrons. The molecule has 0 bridgehead atoms. The molecule has 8 heteroatoms. The molecule has 0 atom stereocenters.